The van der Waals surface area contributed by atoms with Crippen molar-refractivity contribution in [3.8, 4) is 0 Å². The van der Waals surface area contributed by atoms with Crippen molar-refractivity contribution in [2.24, 2.45) is 5.92 Å². The topological polar surface area (TPSA) is 74.3 Å². The van der Waals surface area contributed by atoms with Gasteiger partial charge >= 0.3 is 0 Å². The molecule has 6 nitrogen and oxygen atoms in total. The maximum Gasteiger partial charge on any atom is 0.274 e. The molecule has 1 aromatic heterocycles. The first-order valence-corrected chi connectivity index (χ1v) is 10.0. The molecule has 1 saturated heterocycles. The molecule has 1 aromatic carbocycles. The van der Waals surface area contributed by atoms with Gasteiger partial charge in [-0.2, -0.15) is 0 Å². The van der Waals surface area contributed by atoms with E-state index in [0.29, 0.717) is 11.3 Å². The first-order chi connectivity index (χ1) is 13.6. The third-order valence-corrected chi connectivity index (χ3v) is 5.44. The number of carbonyl (C=O) groups excluding carboxylic acids is 2. The molecular formula is C22H26N4O2. The van der Waals surface area contributed by atoms with Gasteiger partial charge in [0.25, 0.3) is 11.8 Å². The first-order valence-electron chi connectivity index (χ1n) is 10.0. The normalized spacial score (nSPS) is 17.2. The Morgan fingerprint density at radius 3 is 2.39 bits per heavy atom. The van der Waals surface area contributed by atoms with Crippen molar-refractivity contribution < 1.29 is 9.59 Å². The van der Waals surface area contributed by atoms with Crippen LogP contribution in [0.25, 0.3) is 0 Å². The van der Waals surface area contributed by atoms with Gasteiger partial charge in [-0.05, 0) is 68.0 Å². The molecule has 2 aliphatic rings. The lowest BCUT2D eigenvalue weighted by atomic mass is 9.99. The molecule has 1 aliphatic carbocycles. The summed E-state index contributed by atoms with van der Waals surface area (Å²) in [5, 5.41) is 5.79. The average Bonchev–Trinajstić information content (AvgIpc) is 3.53. The van der Waals surface area contributed by atoms with Gasteiger partial charge in [0.15, 0.2) is 0 Å². The van der Waals surface area contributed by atoms with Crippen molar-refractivity contribution >= 4 is 23.2 Å². The molecule has 2 fully saturated rings. The molecule has 0 spiro atoms. The maximum atomic E-state index is 12.5. The molecule has 2 heterocycles. The maximum absolute atomic E-state index is 12.5. The van der Waals surface area contributed by atoms with Crippen LogP contribution in [0, 0.1) is 5.92 Å². The summed E-state index contributed by atoms with van der Waals surface area (Å²) < 4.78 is 0. The largest absolute Gasteiger partial charge is 0.372 e. The molecule has 0 bridgehead atoms. The molecule has 6 heteroatoms. The number of hydrogen-bond donors (Lipinski definition) is 2. The quantitative estimate of drug-likeness (QED) is 0.836. The van der Waals surface area contributed by atoms with Gasteiger partial charge < -0.3 is 15.5 Å². The summed E-state index contributed by atoms with van der Waals surface area (Å²) >= 11 is 0. The van der Waals surface area contributed by atoms with Crippen LogP contribution in [-0.2, 0) is 0 Å². The summed E-state index contributed by atoms with van der Waals surface area (Å²) in [4.78, 5) is 31.2. The van der Waals surface area contributed by atoms with Gasteiger partial charge in [0, 0.05) is 42.3 Å². The van der Waals surface area contributed by atoms with Crippen LogP contribution in [0.3, 0.4) is 0 Å². The van der Waals surface area contributed by atoms with Crippen molar-refractivity contribution in [2.75, 3.05) is 23.3 Å². The van der Waals surface area contributed by atoms with Crippen molar-refractivity contribution in [2.45, 2.75) is 38.6 Å². The highest BCUT2D eigenvalue weighted by atomic mass is 16.2. The lowest BCUT2D eigenvalue weighted by Gasteiger charge is -2.32. The van der Waals surface area contributed by atoms with Crippen molar-refractivity contribution in [3.63, 3.8) is 0 Å². The zero-order chi connectivity index (χ0) is 19.5. The fourth-order valence-electron chi connectivity index (χ4n) is 3.41. The minimum Gasteiger partial charge on any atom is -0.372 e. The predicted molar refractivity (Wildman–Crippen MR) is 110 cm³/mol. The van der Waals surface area contributed by atoms with Gasteiger partial charge in [-0.1, -0.05) is 6.92 Å². The first kappa shape index (κ1) is 18.5. The Labute approximate surface area is 165 Å². The number of benzene rings is 1. The minimum atomic E-state index is -0.319. The molecule has 4 rings (SSSR count). The zero-order valence-electron chi connectivity index (χ0n) is 16.1. The van der Waals surface area contributed by atoms with Gasteiger partial charge in [0.1, 0.15) is 5.69 Å². The molecule has 2 aromatic rings. The number of nitrogens with zero attached hydrogens (tertiary/aromatic N) is 2. The number of pyridine rings is 1. The second kappa shape index (κ2) is 8.00. The highest BCUT2D eigenvalue weighted by Crippen LogP contribution is 2.24. The number of aromatic nitrogens is 1. The number of piperidine rings is 1. The summed E-state index contributed by atoms with van der Waals surface area (Å²) in [5.41, 5.74) is 2.59. The highest BCUT2D eigenvalue weighted by molar-refractivity contribution is 6.04. The summed E-state index contributed by atoms with van der Waals surface area (Å²) in [7, 11) is 0. The Bertz CT molecular complexity index is 853. The molecular weight excluding hydrogens is 352 g/mol. The Hall–Kier alpha value is -2.89. The van der Waals surface area contributed by atoms with Crippen LogP contribution in [-0.4, -0.2) is 35.9 Å². The minimum absolute atomic E-state index is 0.154. The lowest BCUT2D eigenvalue weighted by molar-refractivity contribution is 0.0951. The molecule has 2 N–H and O–H groups in total. The Balaban J connectivity index is 1.38. The van der Waals surface area contributed by atoms with Crippen LogP contribution < -0.4 is 15.5 Å². The van der Waals surface area contributed by atoms with E-state index in [9.17, 15) is 9.59 Å². The van der Waals surface area contributed by atoms with E-state index in [4.69, 9.17) is 0 Å². The number of rotatable bonds is 5. The zero-order valence-corrected chi connectivity index (χ0v) is 16.1. The Morgan fingerprint density at radius 2 is 1.71 bits per heavy atom. The second-order valence-corrected chi connectivity index (χ2v) is 7.85. The van der Waals surface area contributed by atoms with Crippen LogP contribution in [0.1, 0.15) is 53.5 Å². The van der Waals surface area contributed by atoms with Crippen LogP contribution in [0.5, 0.6) is 0 Å². The monoisotopic (exact) mass is 378 g/mol. The molecule has 1 aliphatic heterocycles. The molecule has 1 saturated carbocycles. The number of amides is 2. The summed E-state index contributed by atoms with van der Waals surface area (Å²) in [6.45, 7) is 4.45. The van der Waals surface area contributed by atoms with Crippen molar-refractivity contribution in [1.82, 2.24) is 10.3 Å². The van der Waals surface area contributed by atoms with E-state index in [1.54, 1.807) is 6.07 Å². The molecule has 0 unspecified atom stereocenters. The molecule has 28 heavy (non-hydrogen) atoms. The average molecular weight is 378 g/mol. The van der Waals surface area contributed by atoms with E-state index in [0.717, 1.165) is 31.8 Å². The predicted octanol–water partition coefficient (Wildman–Crippen LogP) is 3.46. The third kappa shape index (κ3) is 4.50. The molecule has 2 amide bonds. The highest BCUT2D eigenvalue weighted by Gasteiger charge is 2.24. The molecule has 146 valence electrons. The van der Waals surface area contributed by atoms with Gasteiger partial charge in [0.05, 0.1) is 0 Å². The van der Waals surface area contributed by atoms with E-state index in [-0.39, 0.29) is 23.6 Å². The molecule has 0 radical (unpaired) electrons. The standard InChI is InChI=1S/C22H26N4O2/c1-15-9-12-26(13-10-15)19-6-4-18(5-7-19)25-22(28)20-14-16(8-11-23-20)21(27)24-17-2-3-17/h4-8,11,14-15,17H,2-3,9-10,12-13H2,1H3,(H,24,27)(H,25,28). The number of hydrogen-bond acceptors (Lipinski definition) is 4. The van der Waals surface area contributed by atoms with E-state index in [2.05, 4.69) is 27.4 Å². The van der Waals surface area contributed by atoms with Crippen molar-refractivity contribution in [1.29, 1.82) is 0 Å². The summed E-state index contributed by atoms with van der Waals surface area (Å²) in [6.07, 6.45) is 5.98. The van der Waals surface area contributed by atoms with Crippen LogP contribution >= 0.6 is 0 Å². The van der Waals surface area contributed by atoms with Crippen molar-refractivity contribution in [3.05, 3.63) is 53.9 Å². The van der Waals surface area contributed by atoms with Crippen LogP contribution in [0.2, 0.25) is 0 Å². The van der Waals surface area contributed by atoms with Gasteiger partial charge in [0.2, 0.25) is 0 Å². The van der Waals surface area contributed by atoms with Gasteiger partial charge in [-0.3, -0.25) is 14.6 Å². The number of nitrogens with one attached hydrogen (secondary N) is 2. The Morgan fingerprint density at radius 1 is 1.00 bits per heavy atom. The van der Waals surface area contributed by atoms with Gasteiger partial charge in [-0.25, -0.2) is 0 Å². The SMILES string of the molecule is CC1CCN(c2ccc(NC(=O)c3cc(C(=O)NC4CC4)ccn3)cc2)CC1. The van der Waals surface area contributed by atoms with Gasteiger partial charge in [-0.15, -0.1) is 0 Å². The number of anilines is 2. The second-order valence-electron chi connectivity index (χ2n) is 7.85. The lowest BCUT2D eigenvalue weighted by Crippen LogP contribution is -2.32. The molecule has 0 atom stereocenters. The van der Waals surface area contributed by atoms with E-state index >= 15 is 0 Å². The smallest absolute Gasteiger partial charge is 0.274 e. The fourth-order valence-corrected chi connectivity index (χ4v) is 3.41. The van der Waals surface area contributed by atoms with Crippen LogP contribution in [0.15, 0.2) is 42.6 Å². The fraction of sp³-hybridized carbons (Fsp3) is 0.409. The Kier molecular flexibility index (Phi) is 5.28. The van der Waals surface area contributed by atoms with E-state index in [1.807, 2.05) is 24.3 Å². The van der Waals surface area contributed by atoms with E-state index < -0.39 is 0 Å². The van der Waals surface area contributed by atoms with Crippen LogP contribution in [0.4, 0.5) is 11.4 Å². The number of carbonyl (C=O) groups is 2. The third-order valence-electron chi connectivity index (χ3n) is 5.44. The summed E-state index contributed by atoms with van der Waals surface area (Å²) in [5.74, 6) is 0.323. The van der Waals surface area contributed by atoms with E-state index in [1.165, 1.54) is 30.8 Å². The summed E-state index contributed by atoms with van der Waals surface area (Å²) in [6, 6.07) is 11.3.